The smallest absolute Gasteiger partial charge is 0.253 e. The quantitative estimate of drug-likeness (QED) is 0.758. The Morgan fingerprint density at radius 1 is 1.08 bits per heavy atom. The molecule has 0 unspecified atom stereocenters. The van der Waals surface area contributed by atoms with Crippen LogP contribution in [-0.2, 0) is 6.61 Å². The average molecular weight is 339 g/mol. The van der Waals surface area contributed by atoms with E-state index in [0.717, 1.165) is 37.8 Å². The van der Waals surface area contributed by atoms with Gasteiger partial charge in [-0.3, -0.25) is 9.59 Å². The van der Waals surface area contributed by atoms with Gasteiger partial charge >= 0.3 is 0 Å². The van der Waals surface area contributed by atoms with E-state index in [1.807, 2.05) is 29.2 Å². The molecule has 0 radical (unpaired) electrons. The number of amides is 1. The van der Waals surface area contributed by atoms with Gasteiger partial charge in [0, 0.05) is 24.2 Å². The fraction of sp³-hybridized carbons (Fsp3) is 0.300. The normalized spacial score (nSPS) is 13.6. The molecule has 0 atom stereocenters. The van der Waals surface area contributed by atoms with E-state index in [0.29, 0.717) is 29.2 Å². The Labute approximate surface area is 147 Å². The Kier molecular flexibility index (Phi) is 5.33. The predicted molar refractivity (Wildman–Crippen MR) is 94.3 cm³/mol. The van der Waals surface area contributed by atoms with Gasteiger partial charge in [0.15, 0.2) is 11.5 Å². The number of hydrogen-bond acceptors (Lipinski definition) is 4. The van der Waals surface area contributed by atoms with E-state index in [1.165, 1.54) is 7.11 Å². The van der Waals surface area contributed by atoms with Crippen LogP contribution < -0.4 is 9.47 Å². The highest BCUT2D eigenvalue weighted by molar-refractivity contribution is 5.94. The number of benzene rings is 2. The van der Waals surface area contributed by atoms with Crippen LogP contribution in [-0.4, -0.2) is 37.3 Å². The molecule has 130 valence electrons. The van der Waals surface area contributed by atoms with E-state index in [-0.39, 0.29) is 5.91 Å². The van der Waals surface area contributed by atoms with E-state index in [2.05, 4.69) is 0 Å². The molecule has 0 aliphatic carbocycles. The first-order chi connectivity index (χ1) is 12.2. The lowest BCUT2D eigenvalue weighted by Gasteiger charge is -2.15. The summed E-state index contributed by atoms with van der Waals surface area (Å²) in [5.74, 6) is 1.19. The number of rotatable bonds is 6. The maximum absolute atomic E-state index is 12.3. The molecule has 1 heterocycles. The number of carbonyl (C=O) groups is 2. The molecule has 2 aromatic carbocycles. The number of hydrogen-bond donors (Lipinski definition) is 0. The van der Waals surface area contributed by atoms with E-state index < -0.39 is 0 Å². The van der Waals surface area contributed by atoms with E-state index >= 15 is 0 Å². The van der Waals surface area contributed by atoms with Gasteiger partial charge < -0.3 is 14.4 Å². The van der Waals surface area contributed by atoms with Gasteiger partial charge in [-0.1, -0.05) is 12.1 Å². The van der Waals surface area contributed by atoms with Crippen molar-refractivity contribution in [2.45, 2.75) is 19.4 Å². The van der Waals surface area contributed by atoms with Crippen LogP contribution in [0.3, 0.4) is 0 Å². The molecule has 1 saturated heterocycles. The lowest BCUT2D eigenvalue weighted by atomic mass is 10.1. The van der Waals surface area contributed by atoms with Crippen LogP contribution in [0.2, 0.25) is 0 Å². The molecular weight excluding hydrogens is 318 g/mol. The van der Waals surface area contributed by atoms with Crippen LogP contribution >= 0.6 is 0 Å². The van der Waals surface area contributed by atoms with Crippen molar-refractivity contribution in [3.05, 3.63) is 59.2 Å². The molecule has 1 amide bonds. The minimum absolute atomic E-state index is 0.0936. The molecular formula is C20H21NO4. The van der Waals surface area contributed by atoms with Crippen LogP contribution in [0.5, 0.6) is 11.5 Å². The summed E-state index contributed by atoms with van der Waals surface area (Å²) in [6, 6.07) is 12.5. The lowest BCUT2D eigenvalue weighted by molar-refractivity contribution is 0.0792. The maximum atomic E-state index is 12.3. The molecule has 5 nitrogen and oxygen atoms in total. The number of carbonyl (C=O) groups excluding carboxylic acids is 2. The highest BCUT2D eigenvalue weighted by Crippen LogP contribution is 2.28. The molecule has 0 N–H and O–H groups in total. The van der Waals surface area contributed by atoms with Gasteiger partial charge in [-0.25, -0.2) is 0 Å². The number of nitrogens with zero attached hydrogens (tertiary/aromatic N) is 1. The third-order valence-electron chi connectivity index (χ3n) is 4.31. The zero-order valence-corrected chi connectivity index (χ0v) is 14.2. The van der Waals surface area contributed by atoms with Crippen molar-refractivity contribution in [2.75, 3.05) is 20.2 Å². The molecule has 0 spiro atoms. The van der Waals surface area contributed by atoms with Crippen molar-refractivity contribution >= 4 is 12.2 Å². The number of likely N-dealkylation sites (tertiary alicyclic amines) is 1. The molecule has 2 aromatic rings. The van der Waals surface area contributed by atoms with Crippen LogP contribution in [0.1, 0.15) is 39.1 Å². The Balaban J connectivity index is 1.64. The third-order valence-corrected chi connectivity index (χ3v) is 4.31. The molecule has 0 saturated carbocycles. The summed E-state index contributed by atoms with van der Waals surface area (Å²) >= 11 is 0. The highest BCUT2D eigenvalue weighted by atomic mass is 16.5. The first-order valence-corrected chi connectivity index (χ1v) is 8.35. The summed E-state index contributed by atoms with van der Waals surface area (Å²) in [5.41, 5.74) is 2.20. The Hall–Kier alpha value is -2.82. The zero-order valence-electron chi connectivity index (χ0n) is 14.2. The van der Waals surface area contributed by atoms with Crippen molar-refractivity contribution < 1.29 is 19.1 Å². The van der Waals surface area contributed by atoms with Gasteiger partial charge in [0.05, 0.1) is 7.11 Å². The molecule has 0 aromatic heterocycles. The molecule has 1 aliphatic rings. The molecule has 3 rings (SSSR count). The number of ether oxygens (including phenoxy) is 2. The van der Waals surface area contributed by atoms with Gasteiger partial charge in [0.2, 0.25) is 0 Å². The number of methoxy groups -OCH3 is 1. The topological polar surface area (TPSA) is 55.8 Å². The van der Waals surface area contributed by atoms with E-state index in [1.54, 1.807) is 18.2 Å². The second-order valence-electron chi connectivity index (χ2n) is 6.01. The van der Waals surface area contributed by atoms with Gasteiger partial charge in [0.25, 0.3) is 5.91 Å². The van der Waals surface area contributed by atoms with Crippen LogP contribution in [0.4, 0.5) is 0 Å². The van der Waals surface area contributed by atoms with Crippen LogP contribution in [0.15, 0.2) is 42.5 Å². The summed E-state index contributed by atoms with van der Waals surface area (Å²) in [5, 5.41) is 0. The summed E-state index contributed by atoms with van der Waals surface area (Å²) in [4.78, 5) is 25.0. The second-order valence-corrected chi connectivity index (χ2v) is 6.01. The largest absolute Gasteiger partial charge is 0.493 e. The summed E-state index contributed by atoms with van der Waals surface area (Å²) in [6.07, 6.45) is 2.94. The van der Waals surface area contributed by atoms with Crippen molar-refractivity contribution in [1.29, 1.82) is 0 Å². The predicted octanol–water partition coefficient (Wildman–Crippen LogP) is 3.32. The van der Waals surface area contributed by atoms with Crippen molar-refractivity contribution in [2.24, 2.45) is 0 Å². The first kappa shape index (κ1) is 17.0. The molecule has 25 heavy (non-hydrogen) atoms. The van der Waals surface area contributed by atoms with Gasteiger partial charge in [0.1, 0.15) is 12.9 Å². The second kappa shape index (κ2) is 7.83. The van der Waals surface area contributed by atoms with Gasteiger partial charge in [-0.15, -0.1) is 0 Å². The van der Waals surface area contributed by atoms with Crippen molar-refractivity contribution in [3.63, 3.8) is 0 Å². The molecule has 1 aliphatic heterocycles. The van der Waals surface area contributed by atoms with Crippen molar-refractivity contribution in [3.8, 4) is 11.5 Å². The average Bonchev–Trinajstić information content (AvgIpc) is 3.20. The molecule has 1 fully saturated rings. The Bertz CT molecular complexity index is 749. The Morgan fingerprint density at radius 3 is 2.44 bits per heavy atom. The Morgan fingerprint density at radius 2 is 1.80 bits per heavy atom. The monoisotopic (exact) mass is 339 g/mol. The van der Waals surface area contributed by atoms with Gasteiger partial charge in [-0.05, 0) is 48.7 Å². The van der Waals surface area contributed by atoms with Crippen LogP contribution in [0, 0.1) is 0 Å². The minimum atomic E-state index is 0.0936. The fourth-order valence-corrected chi connectivity index (χ4v) is 2.88. The number of aldehydes is 1. The highest BCUT2D eigenvalue weighted by Gasteiger charge is 2.19. The minimum Gasteiger partial charge on any atom is -0.493 e. The summed E-state index contributed by atoms with van der Waals surface area (Å²) in [7, 11) is 1.54. The van der Waals surface area contributed by atoms with Crippen LogP contribution in [0.25, 0.3) is 0 Å². The fourth-order valence-electron chi connectivity index (χ4n) is 2.88. The van der Waals surface area contributed by atoms with Crippen molar-refractivity contribution in [1.82, 2.24) is 4.90 Å². The van der Waals surface area contributed by atoms with E-state index in [4.69, 9.17) is 9.47 Å². The third kappa shape index (κ3) is 3.99. The molecule has 0 bridgehead atoms. The standard InChI is InChI=1S/C20H21NO4/c1-24-19-12-16(13-22)6-9-18(19)25-14-15-4-7-17(8-5-15)20(23)21-10-2-3-11-21/h4-9,12-13H,2-3,10-11,14H2,1H3. The molecule has 5 heteroatoms. The first-order valence-electron chi connectivity index (χ1n) is 8.35. The lowest BCUT2D eigenvalue weighted by Crippen LogP contribution is -2.27. The zero-order chi connectivity index (χ0) is 17.6. The summed E-state index contributed by atoms with van der Waals surface area (Å²) < 4.78 is 11.0. The maximum Gasteiger partial charge on any atom is 0.253 e. The SMILES string of the molecule is COc1cc(C=O)ccc1OCc1ccc(C(=O)N2CCCC2)cc1. The van der Waals surface area contributed by atoms with E-state index in [9.17, 15) is 9.59 Å². The summed E-state index contributed by atoms with van der Waals surface area (Å²) in [6.45, 7) is 2.05. The van der Waals surface area contributed by atoms with Gasteiger partial charge in [-0.2, -0.15) is 0 Å².